The van der Waals surface area contributed by atoms with E-state index in [0.717, 1.165) is 26.2 Å². The van der Waals surface area contributed by atoms with Crippen molar-refractivity contribution in [2.45, 2.75) is 38.1 Å². The third-order valence-corrected chi connectivity index (χ3v) is 4.77. The molecule has 0 spiro atoms. The van der Waals surface area contributed by atoms with Crippen molar-refractivity contribution in [2.24, 2.45) is 0 Å². The minimum atomic E-state index is -0.730. The van der Waals surface area contributed by atoms with E-state index in [1.54, 1.807) is 0 Å². The maximum Gasteiger partial charge on any atom is 0.333 e. The fourth-order valence-corrected chi connectivity index (χ4v) is 3.37. The molecule has 1 atom stereocenters. The summed E-state index contributed by atoms with van der Waals surface area (Å²) in [7, 11) is 0. The summed E-state index contributed by atoms with van der Waals surface area (Å²) in [6.07, 6.45) is 0.375. The van der Waals surface area contributed by atoms with Crippen LogP contribution in [0.1, 0.15) is 32.1 Å². The van der Waals surface area contributed by atoms with Crippen LogP contribution in [0, 0.1) is 0 Å². The molecule has 4 amide bonds. The Morgan fingerprint density at radius 3 is 2.35 bits per heavy atom. The van der Waals surface area contributed by atoms with E-state index in [-0.39, 0.29) is 50.5 Å². The molecule has 3 aliphatic heterocycles. The van der Waals surface area contributed by atoms with Gasteiger partial charge in [-0.1, -0.05) is 0 Å². The fraction of sp³-hybridized carbons (Fsp3) is 0.688. The number of nitrogens with zero attached hydrogens (tertiary/aromatic N) is 3. The van der Waals surface area contributed by atoms with E-state index in [4.69, 9.17) is 4.84 Å². The Labute approximate surface area is 150 Å². The first-order valence-corrected chi connectivity index (χ1v) is 8.83. The van der Waals surface area contributed by atoms with Gasteiger partial charge in [0.15, 0.2) is 0 Å². The first-order valence-electron chi connectivity index (χ1n) is 8.83. The number of imide groups is 2. The summed E-state index contributed by atoms with van der Waals surface area (Å²) >= 11 is 0. The molecule has 3 fully saturated rings. The lowest BCUT2D eigenvalue weighted by Gasteiger charge is -2.31. The molecule has 3 heterocycles. The first-order chi connectivity index (χ1) is 12.5. The maximum atomic E-state index is 12.5. The molecule has 0 aromatic rings. The molecule has 0 aromatic carbocycles. The Bertz CT molecular complexity index is 614. The number of hydroxylamine groups is 2. The predicted molar refractivity (Wildman–Crippen MR) is 86.0 cm³/mol. The molecule has 10 nitrogen and oxygen atoms in total. The number of likely N-dealkylation sites (tertiary alicyclic amines) is 1. The zero-order valence-corrected chi connectivity index (χ0v) is 14.4. The minimum absolute atomic E-state index is 0.0380. The molecule has 0 bridgehead atoms. The highest BCUT2D eigenvalue weighted by Gasteiger charge is 2.41. The highest BCUT2D eigenvalue weighted by molar-refractivity contribution is 6.05. The molecule has 0 radical (unpaired) electrons. The molecule has 0 aromatic heterocycles. The van der Waals surface area contributed by atoms with Crippen LogP contribution in [0.15, 0.2) is 0 Å². The van der Waals surface area contributed by atoms with Gasteiger partial charge in [0.2, 0.25) is 11.8 Å². The van der Waals surface area contributed by atoms with Gasteiger partial charge in [-0.2, -0.15) is 0 Å². The van der Waals surface area contributed by atoms with Crippen LogP contribution < -0.4 is 5.32 Å². The smallest absolute Gasteiger partial charge is 0.330 e. The zero-order chi connectivity index (χ0) is 18.7. The molecular formula is C16H22N4O6. The van der Waals surface area contributed by atoms with Crippen LogP contribution >= 0.6 is 0 Å². The highest BCUT2D eigenvalue weighted by atomic mass is 16.7. The molecule has 0 saturated carbocycles. The second-order valence-corrected chi connectivity index (χ2v) is 6.54. The van der Waals surface area contributed by atoms with E-state index < -0.39 is 23.8 Å². The number of nitrogens with one attached hydrogen (secondary N) is 1. The number of amides is 4. The second-order valence-electron chi connectivity index (χ2n) is 6.54. The van der Waals surface area contributed by atoms with Crippen molar-refractivity contribution in [3.05, 3.63) is 0 Å². The van der Waals surface area contributed by atoms with Crippen LogP contribution in [0.5, 0.6) is 0 Å². The van der Waals surface area contributed by atoms with Gasteiger partial charge in [0.05, 0.1) is 12.5 Å². The predicted octanol–water partition coefficient (Wildman–Crippen LogP) is -1.59. The number of carbonyl (C=O) groups excluding carboxylic acids is 5. The van der Waals surface area contributed by atoms with E-state index >= 15 is 0 Å². The van der Waals surface area contributed by atoms with Gasteiger partial charge in [0.25, 0.3) is 11.8 Å². The zero-order valence-electron chi connectivity index (χ0n) is 14.4. The van der Waals surface area contributed by atoms with Gasteiger partial charge < -0.3 is 10.2 Å². The second kappa shape index (κ2) is 7.92. The number of hydrogen-bond donors (Lipinski definition) is 1. The Kier molecular flexibility index (Phi) is 5.62. The molecule has 1 unspecified atom stereocenters. The Hall–Kier alpha value is -2.33. The minimum Gasteiger partial charge on any atom is -0.330 e. The topological polar surface area (TPSA) is 116 Å². The molecule has 10 heteroatoms. The number of carbonyl (C=O) groups is 5. The van der Waals surface area contributed by atoms with E-state index in [9.17, 15) is 24.0 Å². The fourth-order valence-electron chi connectivity index (χ4n) is 3.37. The first kappa shape index (κ1) is 18.5. The number of rotatable bonds is 6. The van der Waals surface area contributed by atoms with Crippen molar-refractivity contribution in [1.82, 2.24) is 20.2 Å². The summed E-state index contributed by atoms with van der Waals surface area (Å²) in [4.78, 5) is 67.1. The SMILES string of the molecule is O=C(CCCN1C(=O)CC(N2CCNCC2)C1=O)ON1C(=O)CCC1=O. The average Bonchev–Trinajstić information content (AvgIpc) is 3.10. The van der Waals surface area contributed by atoms with Gasteiger partial charge >= 0.3 is 5.97 Å². The molecule has 26 heavy (non-hydrogen) atoms. The quantitative estimate of drug-likeness (QED) is 0.559. The van der Waals surface area contributed by atoms with E-state index in [0.29, 0.717) is 5.06 Å². The number of hydrogen-bond acceptors (Lipinski definition) is 8. The maximum absolute atomic E-state index is 12.5. The lowest BCUT2D eigenvalue weighted by molar-refractivity contribution is -0.197. The third-order valence-electron chi connectivity index (χ3n) is 4.77. The van der Waals surface area contributed by atoms with Gasteiger partial charge in [-0.3, -0.25) is 29.0 Å². The van der Waals surface area contributed by atoms with Gasteiger partial charge in [0, 0.05) is 52.0 Å². The van der Waals surface area contributed by atoms with Crippen LogP contribution in [0.25, 0.3) is 0 Å². The Balaban J connectivity index is 1.44. The van der Waals surface area contributed by atoms with Crippen LogP contribution in [0.3, 0.4) is 0 Å². The summed E-state index contributed by atoms with van der Waals surface area (Å²) in [5.41, 5.74) is 0. The molecule has 3 aliphatic rings. The van der Waals surface area contributed by atoms with Gasteiger partial charge in [-0.05, 0) is 6.42 Å². The molecule has 3 rings (SSSR count). The van der Waals surface area contributed by atoms with E-state index in [2.05, 4.69) is 5.32 Å². The summed E-state index contributed by atoms with van der Waals surface area (Å²) in [6, 6.07) is -0.420. The van der Waals surface area contributed by atoms with Crippen molar-refractivity contribution in [3.63, 3.8) is 0 Å². The lowest BCUT2D eigenvalue weighted by atomic mass is 10.2. The normalized spacial score (nSPS) is 24.7. The van der Waals surface area contributed by atoms with Crippen molar-refractivity contribution < 1.29 is 28.8 Å². The summed E-state index contributed by atoms with van der Waals surface area (Å²) in [5.74, 6) is -2.27. The summed E-state index contributed by atoms with van der Waals surface area (Å²) < 4.78 is 0. The highest BCUT2D eigenvalue weighted by Crippen LogP contribution is 2.20. The van der Waals surface area contributed by atoms with E-state index in [1.165, 1.54) is 4.90 Å². The van der Waals surface area contributed by atoms with Gasteiger partial charge in [-0.25, -0.2) is 4.79 Å². The van der Waals surface area contributed by atoms with Gasteiger partial charge in [-0.15, -0.1) is 5.06 Å². The lowest BCUT2D eigenvalue weighted by Crippen LogP contribution is -2.51. The van der Waals surface area contributed by atoms with E-state index in [1.807, 2.05) is 4.90 Å². The summed E-state index contributed by atoms with van der Waals surface area (Å²) in [6.45, 7) is 3.15. The van der Waals surface area contributed by atoms with Crippen LogP contribution in [-0.2, 0) is 28.8 Å². The van der Waals surface area contributed by atoms with Crippen LogP contribution in [0.2, 0.25) is 0 Å². The van der Waals surface area contributed by atoms with Crippen molar-refractivity contribution in [2.75, 3.05) is 32.7 Å². The molecule has 142 valence electrons. The summed E-state index contributed by atoms with van der Waals surface area (Å²) in [5, 5.41) is 3.70. The molecular weight excluding hydrogens is 344 g/mol. The van der Waals surface area contributed by atoms with Gasteiger partial charge in [0.1, 0.15) is 0 Å². The van der Waals surface area contributed by atoms with Crippen molar-refractivity contribution >= 4 is 29.6 Å². The number of piperazine rings is 1. The monoisotopic (exact) mass is 366 g/mol. The largest absolute Gasteiger partial charge is 0.333 e. The Morgan fingerprint density at radius 2 is 1.69 bits per heavy atom. The van der Waals surface area contributed by atoms with Crippen LogP contribution in [-0.4, -0.2) is 83.2 Å². The Morgan fingerprint density at radius 1 is 1.04 bits per heavy atom. The van der Waals surface area contributed by atoms with Crippen LogP contribution in [0.4, 0.5) is 0 Å². The molecule has 3 saturated heterocycles. The average molecular weight is 366 g/mol. The standard InChI is InChI=1S/C16H22N4O6/c21-12-3-4-13(22)20(12)26-15(24)2-1-7-19-14(23)10-11(16(19)25)18-8-5-17-6-9-18/h11,17H,1-10H2. The van der Waals surface area contributed by atoms with Crippen molar-refractivity contribution in [1.29, 1.82) is 0 Å². The van der Waals surface area contributed by atoms with Crippen molar-refractivity contribution in [3.8, 4) is 0 Å². The third kappa shape index (κ3) is 3.91. The molecule has 0 aliphatic carbocycles. The molecule has 1 N–H and O–H groups in total.